The number of rotatable bonds is 6. The molecule has 0 bridgehead atoms. The number of carbonyl (C=O) groups excluding carboxylic acids is 1. The van der Waals surface area contributed by atoms with Crippen molar-refractivity contribution in [3.63, 3.8) is 0 Å². The van der Waals surface area contributed by atoms with Crippen LogP contribution in [0.2, 0.25) is 0 Å². The first kappa shape index (κ1) is 18.9. The predicted octanol–water partition coefficient (Wildman–Crippen LogP) is 4.55. The SMILES string of the molecule is COc1ccc(/C=C/C(=O)N(C)[C@@H](C)c2nc3ccccc3s2)cc1OC. The van der Waals surface area contributed by atoms with Gasteiger partial charge in [0.15, 0.2) is 11.5 Å². The number of para-hydroxylation sites is 1. The molecular weight excluding hydrogens is 360 g/mol. The van der Waals surface area contributed by atoms with Crippen molar-refractivity contribution in [1.82, 2.24) is 9.88 Å². The van der Waals surface area contributed by atoms with Gasteiger partial charge in [-0.3, -0.25) is 4.79 Å². The first-order valence-corrected chi connectivity index (χ1v) is 9.37. The molecule has 5 nitrogen and oxygen atoms in total. The summed E-state index contributed by atoms with van der Waals surface area (Å²) in [5, 5.41) is 0.923. The minimum absolute atomic E-state index is 0.0865. The van der Waals surface area contributed by atoms with Gasteiger partial charge in [-0.2, -0.15) is 0 Å². The molecule has 0 unspecified atom stereocenters. The summed E-state index contributed by atoms with van der Waals surface area (Å²) in [7, 11) is 4.97. The average molecular weight is 382 g/mol. The normalized spacial score (nSPS) is 12.3. The van der Waals surface area contributed by atoms with Crippen molar-refractivity contribution in [2.24, 2.45) is 0 Å². The Hall–Kier alpha value is -2.86. The van der Waals surface area contributed by atoms with Crippen LogP contribution in [-0.4, -0.2) is 37.1 Å². The van der Waals surface area contributed by atoms with Crippen molar-refractivity contribution in [3.05, 3.63) is 59.1 Å². The topological polar surface area (TPSA) is 51.7 Å². The van der Waals surface area contributed by atoms with Crippen LogP contribution in [0.15, 0.2) is 48.5 Å². The summed E-state index contributed by atoms with van der Waals surface area (Å²) in [6.45, 7) is 1.99. The van der Waals surface area contributed by atoms with E-state index in [0.29, 0.717) is 11.5 Å². The molecule has 1 atom stereocenters. The van der Waals surface area contributed by atoms with Crippen molar-refractivity contribution in [2.45, 2.75) is 13.0 Å². The summed E-state index contributed by atoms with van der Waals surface area (Å²) in [5.41, 5.74) is 1.83. The van der Waals surface area contributed by atoms with Gasteiger partial charge in [0, 0.05) is 13.1 Å². The molecule has 140 valence electrons. The monoisotopic (exact) mass is 382 g/mol. The van der Waals surface area contributed by atoms with E-state index in [1.165, 1.54) is 0 Å². The highest BCUT2D eigenvalue weighted by molar-refractivity contribution is 7.18. The molecule has 0 radical (unpaired) electrons. The van der Waals surface area contributed by atoms with Gasteiger partial charge in [-0.25, -0.2) is 4.98 Å². The lowest BCUT2D eigenvalue weighted by Gasteiger charge is -2.21. The second-order valence-corrected chi connectivity index (χ2v) is 7.15. The summed E-state index contributed by atoms with van der Waals surface area (Å²) in [6.07, 6.45) is 3.33. The molecule has 0 aliphatic carbocycles. The molecule has 1 amide bonds. The van der Waals surface area contributed by atoms with Crippen LogP contribution in [0.5, 0.6) is 11.5 Å². The number of fused-ring (bicyclic) bond motifs is 1. The van der Waals surface area contributed by atoms with Crippen molar-refractivity contribution in [3.8, 4) is 11.5 Å². The second-order valence-electron chi connectivity index (χ2n) is 6.09. The highest BCUT2D eigenvalue weighted by Gasteiger charge is 2.19. The summed E-state index contributed by atoms with van der Waals surface area (Å²) in [6, 6.07) is 13.4. The molecule has 27 heavy (non-hydrogen) atoms. The van der Waals surface area contributed by atoms with Crippen molar-refractivity contribution < 1.29 is 14.3 Å². The zero-order chi connectivity index (χ0) is 19.4. The van der Waals surface area contributed by atoms with Gasteiger partial charge in [0.1, 0.15) is 5.01 Å². The minimum atomic E-state index is -0.107. The van der Waals surface area contributed by atoms with Gasteiger partial charge >= 0.3 is 0 Å². The highest BCUT2D eigenvalue weighted by atomic mass is 32.1. The van der Waals surface area contributed by atoms with Gasteiger partial charge in [0.05, 0.1) is 30.5 Å². The Morgan fingerprint density at radius 2 is 1.89 bits per heavy atom. The fraction of sp³-hybridized carbons (Fsp3) is 0.238. The third-order valence-electron chi connectivity index (χ3n) is 4.42. The number of likely N-dealkylation sites (N-methyl/N-ethyl adjacent to an activating group) is 1. The fourth-order valence-corrected chi connectivity index (χ4v) is 3.73. The summed E-state index contributed by atoms with van der Waals surface area (Å²) < 4.78 is 11.7. The lowest BCUT2D eigenvalue weighted by molar-refractivity contribution is -0.126. The first-order valence-electron chi connectivity index (χ1n) is 8.56. The van der Waals surface area contributed by atoms with Crippen LogP contribution in [0.4, 0.5) is 0 Å². The van der Waals surface area contributed by atoms with Crippen molar-refractivity contribution in [2.75, 3.05) is 21.3 Å². The zero-order valence-corrected chi connectivity index (χ0v) is 16.6. The van der Waals surface area contributed by atoms with Gasteiger partial charge in [0.25, 0.3) is 0 Å². The summed E-state index contributed by atoms with van der Waals surface area (Å²) >= 11 is 1.62. The molecule has 3 aromatic rings. The van der Waals surface area contributed by atoms with Gasteiger partial charge in [-0.05, 0) is 42.8 Å². The maximum Gasteiger partial charge on any atom is 0.246 e. The number of amides is 1. The number of nitrogens with zero attached hydrogens (tertiary/aromatic N) is 2. The average Bonchev–Trinajstić information content (AvgIpc) is 3.14. The van der Waals surface area contributed by atoms with E-state index in [0.717, 1.165) is 20.8 Å². The number of aromatic nitrogens is 1. The van der Waals surface area contributed by atoms with E-state index in [2.05, 4.69) is 4.98 Å². The Kier molecular flexibility index (Phi) is 5.76. The van der Waals surface area contributed by atoms with E-state index in [-0.39, 0.29) is 11.9 Å². The van der Waals surface area contributed by atoms with Crippen LogP contribution in [0.3, 0.4) is 0 Å². The van der Waals surface area contributed by atoms with Crippen molar-refractivity contribution >= 4 is 33.5 Å². The molecule has 2 aromatic carbocycles. The number of benzene rings is 2. The van der Waals surface area contributed by atoms with Gasteiger partial charge in [-0.1, -0.05) is 18.2 Å². The zero-order valence-electron chi connectivity index (χ0n) is 15.8. The predicted molar refractivity (Wildman–Crippen MR) is 109 cm³/mol. The Morgan fingerprint density at radius 1 is 1.15 bits per heavy atom. The molecule has 0 aliphatic heterocycles. The number of hydrogen-bond donors (Lipinski definition) is 0. The third kappa shape index (κ3) is 4.11. The molecule has 6 heteroatoms. The molecule has 3 rings (SSSR count). The van der Waals surface area contributed by atoms with Gasteiger partial charge < -0.3 is 14.4 Å². The lowest BCUT2D eigenvalue weighted by Crippen LogP contribution is -2.27. The second kappa shape index (κ2) is 8.22. The molecule has 0 fully saturated rings. The quantitative estimate of drug-likeness (QED) is 0.587. The fourth-order valence-electron chi connectivity index (χ4n) is 2.67. The largest absolute Gasteiger partial charge is 0.493 e. The number of ether oxygens (including phenoxy) is 2. The molecule has 0 N–H and O–H groups in total. The van der Waals surface area contributed by atoms with Crippen LogP contribution >= 0.6 is 11.3 Å². The first-order chi connectivity index (χ1) is 13.0. The Bertz CT molecular complexity index is 947. The number of methoxy groups -OCH3 is 2. The Morgan fingerprint density at radius 3 is 2.59 bits per heavy atom. The van der Waals surface area contributed by atoms with E-state index < -0.39 is 0 Å². The Labute approximate surface area is 162 Å². The van der Waals surface area contributed by atoms with E-state index in [4.69, 9.17) is 9.47 Å². The van der Waals surface area contributed by atoms with Crippen LogP contribution < -0.4 is 9.47 Å². The smallest absolute Gasteiger partial charge is 0.246 e. The lowest BCUT2D eigenvalue weighted by atomic mass is 10.2. The van der Waals surface area contributed by atoms with E-state index in [1.807, 2.05) is 49.4 Å². The number of thiazole rings is 1. The molecule has 0 spiro atoms. The van der Waals surface area contributed by atoms with Gasteiger partial charge in [0.2, 0.25) is 5.91 Å². The van der Waals surface area contributed by atoms with Crippen LogP contribution in [0, 0.1) is 0 Å². The van der Waals surface area contributed by atoms with Crippen LogP contribution in [0.1, 0.15) is 23.5 Å². The van der Waals surface area contributed by atoms with Crippen LogP contribution in [-0.2, 0) is 4.79 Å². The van der Waals surface area contributed by atoms with E-state index in [1.54, 1.807) is 49.7 Å². The van der Waals surface area contributed by atoms with Crippen molar-refractivity contribution in [1.29, 1.82) is 0 Å². The molecular formula is C21H22N2O3S. The highest BCUT2D eigenvalue weighted by Crippen LogP contribution is 2.30. The van der Waals surface area contributed by atoms with Gasteiger partial charge in [-0.15, -0.1) is 11.3 Å². The molecule has 1 heterocycles. The summed E-state index contributed by atoms with van der Waals surface area (Å²) in [4.78, 5) is 18.9. The van der Waals surface area contributed by atoms with Crippen LogP contribution in [0.25, 0.3) is 16.3 Å². The maximum absolute atomic E-state index is 12.6. The molecule has 0 saturated carbocycles. The Balaban J connectivity index is 1.73. The number of hydrogen-bond acceptors (Lipinski definition) is 5. The minimum Gasteiger partial charge on any atom is -0.493 e. The standard InChI is InChI=1S/C21H22N2O3S/c1-14(21-22-16-7-5-6-8-19(16)27-21)23(2)20(24)12-10-15-9-11-17(25-3)18(13-15)26-4/h5-14H,1-4H3/b12-10+/t14-/m0/s1. The third-order valence-corrected chi connectivity index (χ3v) is 5.63. The number of carbonyl (C=O) groups is 1. The van der Waals surface area contributed by atoms with E-state index in [9.17, 15) is 4.79 Å². The van der Waals surface area contributed by atoms with E-state index >= 15 is 0 Å². The molecule has 0 saturated heterocycles. The molecule has 1 aromatic heterocycles. The maximum atomic E-state index is 12.6. The summed E-state index contributed by atoms with van der Waals surface area (Å²) in [5.74, 6) is 1.20. The molecule has 0 aliphatic rings.